The molecule has 2 heterocycles. The summed E-state index contributed by atoms with van der Waals surface area (Å²) in [4.78, 5) is 25.4. The average Bonchev–Trinajstić information content (AvgIpc) is 3.14. The molecule has 1 aromatic carbocycles. The lowest BCUT2D eigenvalue weighted by atomic mass is 10.1. The number of rotatable bonds is 4. The van der Waals surface area contributed by atoms with E-state index < -0.39 is 12.0 Å². The van der Waals surface area contributed by atoms with Gasteiger partial charge in [-0.2, -0.15) is 5.10 Å². The maximum Gasteiger partial charge on any atom is 0.326 e. The van der Waals surface area contributed by atoms with Gasteiger partial charge in [-0.3, -0.25) is 9.48 Å². The molecule has 1 saturated heterocycles. The maximum atomic E-state index is 12.7. The molecule has 6 heteroatoms. The third kappa shape index (κ3) is 3.18. The van der Waals surface area contributed by atoms with Gasteiger partial charge in [0.25, 0.3) is 5.91 Å². The lowest BCUT2D eigenvalue weighted by molar-refractivity contribution is -0.141. The van der Waals surface area contributed by atoms with Gasteiger partial charge in [0.1, 0.15) is 6.04 Å². The minimum atomic E-state index is -0.931. The molecule has 126 valence electrons. The van der Waals surface area contributed by atoms with Crippen LogP contribution in [0.4, 0.5) is 0 Å². The van der Waals surface area contributed by atoms with Crippen molar-refractivity contribution in [1.82, 2.24) is 14.7 Å². The molecule has 1 fully saturated rings. The van der Waals surface area contributed by atoms with Crippen molar-refractivity contribution in [3.05, 3.63) is 52.8 Å². The van der Waals surface area contributed by atoms with Gasteiger partial charge in [-0.15, -0.1) is 0 Å². The van der Waals surface area contributed by atoms with Crippen molar-refractivity contribution in [2.45, 2.75) is 39.3 Å². The number of amides is 1. The van der Waals surface area contributed by atoms with Gasteiger partial charge >= 0.3 is 5.97 Å². The number of hydrogen-bond acceptors (Lipinski definition) is 3. The van der Waals surface area contributed by atoms with Crippen LogP contribution < -0.4 is 0 Å². The van der Waals surface area contributed by atoms with E-state index in [1.165, 1.54) is 4.90 Å². The van der Waals surface area contributed by atoms with E-state index in [1.54, 1.807) is 6.07 Å². The smallest absolute Gasteiger partial charge is 0.326 e. The second kappa shape index (κ2) is 6.47. The molecule has 0 aliphatic carbocycles. The molecule has 0 saturated carbocycles. The Morgan fingerprint density at radius 2 is 2.08 bits per heavy atom. The van der Waals surface area contributed by atoms with Crippen molar-refractivity contribution in [1.29, 1.82) is 0 Å². The number of aliphatic carboxylic acids is 1. The molecule has 1 aromatic heterocycles. The highest BCUT2D eigenvalue weighted by molar-refractivity contribution is 5.97. The first-order valence-corrected chi connectivity index (χ1v) is 8.09. The van der Waals surface area contributed by atoms with Gasteiger partial charge in [-0.25, -0.2) is 4.79 Å². The molecule has 1 N–H and O–H groups in total. The van der Waals surface area contributed by atoms with E-state index >= 15 is 0 Å². The Morgan fingerprint density at radius 1 is 1.29 bits per heavy atom. The lowest BCUT2D eigenvalue weighted by Gasteiger charge is -2.21. The number of carboxylic acid groups (broad SMARTS) is 1. The van der Waals surface area contributed by atoms with E-state index in [9.17, 15) is 14.7 Å². The van der Waals surface area contributed by atoms with Crippen LogP contribution in [0.3, 0.4) is 0 Å². The molecule has 1 amide bonds. The number of likely N-dealkylation sites (tertiary alicyclic amines) is 1. The quantitative estimate of drug-likeness (QED) is 0.934. The number of nitrogens with zero attached hydrogens (tertiary/aromatic N) is 3. The van der Waals surface area contributed by atoms with Crippen molar-refractivity contribution in [3.8, 4) is 0 Å². The monoisotopic (exact) mass is 327 g/mol. The highest BCUT2D eigenvalue weighted by Crippen LogP contribution is 2.21. The number of carbonyl (C=O) groups excluding carboxylic acids is 1. The first-order valence-electron chi connectivity index (χ1n) is 8.09. The topological polar surface area (TPSA) is 75.4 Å². The summed E-state index contributed by atoms with van der Waals surface area (Å²) in [6.45, 7) is 5.03. The van der Waals surface area contributed by atoms with Gasteiger partial charge in [-0.05, 0) is 50.5 Å². The van der Waals surface area contributed by atoms with Crippen molar-refractivity contribution in [2.24, 2.45) is 0 Å². The molecule has 3 rings (SSSR count). The van der Waals surface area contributed by atoms with Gasteiger partial charge in [0.05, 0.1) is 12.2 Å². The fourth-order valence-corrected chi connectivity index (χ4v) is 3.24. The second-order valence-corrected chi connectivity index (χ2v) is 6.28. The van der Waals surface area contributed by atoms with E-state index in [0.717, 1.165) is 23.4 Å². The third-order valence-corrected chi connectivity index (χ3v) is 4.41. The van der Waals surface area contributed by atoms with Crippen LogP contribution in [0, 0.1) is 13.8 Å². The zero-order valence-electron chi connectivity index (χ0n) is 13.9. The highest BCUT2D eigenvalue weighted by Gasteiger charge is 2.34. The number of aromatic nitrogens is 2. The number of hydrogen-bond donors (Lipinski definition) is 1. The van der Waals surface area contributed by atoms with E-state index in [0.29, 0.717) is 25.1 Å². The van der Waals surface area contributed by atoms with Crippen molar-refractivity contribution < 1.29 is 14.7 Å². The molecular formula is C18H21N3O3. The molecule has 1 atom stereocenters. The van der Waals surface area contributed by atoms with Gasteiger partial charge in [0.2, 0.25) is 0 Å². The summed E-state index contributed by atoms with van der Waals surface area (Å²) < 4.78 is 1.90. The third-order valence-electron chi connectivity index (χ3n) is 4.41. The molecule has 0 spiro atoms. The second-order valence-electron chi connectivity index (χ2n) is 6.28. The SMILES string of the molecule is Cc1cc(C)n(Cc2cccc(C(=O)N3CCCC3C(=O)O)c2)n1. The summed E-state index contributed by atoms with van der Waals surface area (Å²) in [6.07, 6.45) is 1.25. The summed E-state index contributed by atoms with van der Waals surface area (Å²) >= 11 is 0. The zero-order chi connectivity index (χ0) is 17.3. The maximum absolute atomic E-state index is 12.7. The molecule has 2 aromatic rings. The zero-order valence-corrected chi connectivity index (χ0v) is 13.9. The number of aryl methyl sites for hydroxylation is 2. The average molecular weight is 327 g/mol. The predicted octanol–water partition coefficient (Wildman–Crippen LogP) is 2.24. The fourth-order valence-electron chi connectivity index (χ4n) is 3.24. The molecule has 6 nitrogen and oxygen atoms in total. The van der Waals surface area contributed by atoms with Crippen LogP contribution in [0.15, 0.2) is 30.3 Å². The Balaban J connectivity index is 1.81. The van der Waals surface area contributed by atoms with Gasteiger partial charge < -0.3 is 10.0 Å². The number of carbonyl (C=O) groups is 2. The highest BCUT2D eigenvalue weighted by atomic mass is 16.4. The van der Waals surface area contributed by atoms with E-state index in [2.05, 4.69) is 5.10 Å². The molecular weight excluding hydrogens is 306 g/mol. The molecule has 0 radical (unpaired) electrons. The Kier molecular flexibility index (Phi) is 4.38. The minimum Gasteiger partial charge on any atom is -0.480 e. The van der Waals surface area contributed by atoms with Crippen LogP contribution >= 0.6 is 0 Å². The van der Waals surface area contributed by atoms with E-state index in [4.69, 9.17) is 0 Å². The van der Waals surface area contributed by atoms with Gasteiger partial charge in [0, 0.05) is 17.8 Å². The van der Waals surface area contributed by atoms with Crippen LogP contribution in [0.5, 0.6) is 0 Å². The Morgan fingerprint density at radius 3 is 2.75 bits per heavy atom. The number of benzene rings is 1. The van der Waals surface area contributed by atoms with Crippen molar-refractivity contribution in [2.75, 3.05) is 6.54 Å². The Hall–Kier alpha value is -2.63. The normalized spacial score (nSPS) is 17.2. The Bertz CT molecular complexity index is 782. The first-order chi connectivity index (χ1) is 11.5. The largest absolute Gasteiger partial charge is 0.480 e. The molecule has 24 heavy (non-hydrogen) atoms. The van der Waals surface area contributed by atoms with Gasteiger partial charge in [0.15, 0.2) is 0 Å². The van der Waals surface area contributed by atoms with E-state index in [-0.39, 0.29) is 5.91 Å². The van der Waals surface area contributed by atoms with E-state index in [1.807, 2.05) is 42.8 Å². The Labute approximate surface area is 140 Å². The van der Waals surface area contributed by atoms with Crippen LogP contribution in [0.25, 0.3) is 0 Å². The summed E-state index contributed by atoms with van der Waals surface area (Å²) in [5, 5.41) is 13.7. The minimum absolute atomic E-state index is 0.213. The van der Waals surface area contributed by atoms with Crippen molar-refractivity contribution >= 4 is 11.9 Å². The lowest BCUT2D eigenvalue weighted by Crippen LogP contribution is -2.40. The predicted molar refractivity (Wildman–Crippen MR) is 88.9 cm³/mol. The first kappa shape index (κ1) is 16.2. The van der Waals surface area contributed by atoms with Crippen LogP contribution in [-0.2, 0) is 11.3 Å². The molecule has 1 aliphatic rings. The van der Waals surface area contributed by atoms with Crippen LogP contribution in [0.2, 0.25) is 0 Å². The fraction of sp³-hybridized carbons (Fsp3) is 0.389. The van der Waals surface area contributed by atoms with Gasteiger partial charge in [-0.1, -0.05) is 12.1 Å². The summed E-state index contributed by atoms with van der Waals surface area (Å²) in [6, 6.07) is 8.65. The number of carboxylic acids is 1. The van der Waals surface area contributed by atoms with Crippen LogP contribution in [-0.4, -0.2) is 44.3 Å². The standard InChI is InChI=1S/C18H21N3O3/c1-12-9-13(2)21(19-12)11-14-5-3-6-15(10-14)17(22)20-8-4-7-16(20)18(23)24/h3,5-6,9-10,16H,4,7-8,11H2,1-2H3,(H,23,24). The molecule has 1 unspecified atom stereocenters. The summed E-state index contributed by atoms with van der Waals surface area (Å²) in [5.74, 6) is -1.14. The molecule has 1 aliphatic heterocycles. The molecule has 0 bridgehead atoms. The summed E-state index contributed by atoms with van der Waals surface area (Å²) in [5.41, 5.74) is 3.52. The van der Waals surface area contributed by atoms with Crippen LogP contribution in [0.1, 0.15) is 40.2 Å². The summed E-state index contributed by atoms with van der Waals surface area (Å²) in [7, 11) is 0. The van der Waals surface area contributed by atoms with Crippen molar-refractivity contribution in [3.63, 3.8) is 0 Å².